The van der Waals surface area contributed by atoms with E-state index >= 15 is 0 Å². The molecule has 2 aromatic carbocycles. The molecule has 0 saturated heterocycles. The first-order valence-electron chi connectivity index (χ1n) is 10.2. The Morgan fingerprint density at radius 3 is 2.79 bits per heavy atom. The van der Waals surface area contributed by atoms with Gasteiger partial charge in [-0.05, 0) is 12.5 Å². The standard InChI is InChI=1S/C23H20N4O5S/c1-2-12-26(22-24-18(15-33-22)16-7-4-3-5-8-16)21(28)9-6-13-25-19-11-10-17(27(30)31)14-20(19)32-23(25)29/h2-5,7-8,10-11,14-15H,1,6,9,12-13H2. The van der Waals surface area contributed by atoms with Crippen molar-refractivity contribution in [2.75, 3.05) is 11.4 Å². The number of carbonyl (C=O) groups excluding carboxylic acids is 1. The van der Waals surface area contributed by atoms with E-state index in [9.17, 15) is 19.7 Å². The van der Waals surface area contributed by atoms with Gasteiger partial charge in [0.2, 0.25) is 5.91 Å². The Kier molecular flexibility index (Phi) is 6.45. The van der Waals surface area contributed by atoms with Crippen LogP contribution < -0.4 is 10.7 Å². The van der Waals surface area contributed by atoms with Crippen molar-refractivity contribution >= 4 is 39.2 Å². The van der Waals surface area contributed by atoms with Gasteiger partial charge in [-0.2, -0.15) is 0 Å². The van der Waals surface area contributed by atoms with Gasteiger partial charge < -0.3 is 4.42 Å². The lowest BCUT2D eigenvalue weighted by atomic mass is 10.2. The van der Waals surface area contributed by atoms with Crippen LogP contribution >= 0.6 is 11.3 Å². The molecule has 0 aliphatic rings. The fourth-order valence-electron chi connectivity index (χ4n) is 3.45. The smallest absolute Gasteiger partial charge is 0.407 e. The fraction of sp³-hybridized carbons (Fsp3) is 0.174. The highest BCUT2D eigenvalue weighted by molar-refractivity contribution is 7.14. The van der Waals surface area contributed by atoms with Crippen LogP contribution in [0.25, 0.3) is 22.4 Å². The van der Waals surface area contributed by atoms with E-state index in [1.54, 1.807) is 11.0 Å². The summed E-state index contributed by atoms with van der Waals surface area (Å²) in [5.41, 5.74) is 2.20. The number of aryl methyl sites for hydroxylation is 1. The predicted molar refractivity (Wildman–Crippen MR) is 126 cm³/mol. The number of nitro groups is 1. The van der Waals surface area contributed by atoms with Crippen LogP contribution in [-0.4, -0.2) is 26.9 Å². The highest BCUT2D eigenvalue weighted by Gasteiger charge is 2.19. The number of carbonyl (C=O) groups is 1. The first-order valence-corrected chi connectivity index (χ1v) is 11.1. The number of amides is 1. The molecule has 0 atom stereocenters. The van der Waals surface area contributed by atoms with Gasteiger partial charge >= 0.3 is 5.76 Å². The highest BCUT2D eigenvalue weighted by atomic mass is 32.1. The second-order valence-corrected chi connectivity index (χ2v) is 8.04. The van der Waals surface area contributed by atoms with Gasteiger partial charge in [-0.15, -0.1) is 17.9 Å². The van der Waals surface area contributed by atoms with E-state index in [-0.39, 0.29) is 30.1 Å². The molecule has 0 bridgehead atoms. The summed E-state index contributed by atoms with van der Waals surface area (Å²) in [6.45, 7) is 4.30. The summed E-state index contributed by atoms with van der Waals surface area (Å²) in [6.07, 6.45) is 2.21. The molecule has 2 heterocycles. The first kappa shape index (κ1) is 22.2. The molecule has 168 valence electrons. The van der Waals surface area contributed by atoms with Crippen molar-refractivity contribution in [1.82, 2.24) is 9.55 Å². The maximum absolute atomic E-state index is 12.9. The number of hydrogen-bond donors (Lipinski definition) is 0. The van der Waals surface area contributed by atoms with Gasteiger partial charge in [-0.25, -0.2) is 9.78 Å². The van der Waals surface area contributed by atoms with Gasteiger partial charge in [0.05, 0.1) is 22.2 Å². The summed E-state index contributed by atoms with van der Waals surface area (Å²) in [5.74, 6) is -0.756. The Labute approximate surface area is 192 Å². The van der Waals surface area contributed by atoms with Gasteiger partial charge in [-0.3, -0.25) is 24.4 Å². The lowest BCUT2D eigenvalue weighted by molar-refractivity contribution is -0.384. The van der Waals surface area contributed by atoms with Crippen molar-refractivity contribution in [3.05, 3.63) is 87.2 Å². The third-order valence-electron chi connectivity index (χ3n) is 5.04. The Bertz CT molecular complexity index is 1370. The highest BCUT2D eigenvalue weighted by Crippen LogP contribution is 2.28. The lowest BCUT2D eigenvalue weighted by Gasteiger charge is -2.18. The number of benzene rings is 2. The minimum atomic E-state index is -0.617. The predicted octanol–water partition coefficient (Wildman–Crippen LogP) is 4.63. The van der Waals surface area contributed by atoms with Crippen LogP contribution in [0.5, 0.6) is 0 Å². The van der Waals surface area contributed by atoms with Crippen LogP contribution in [0, 0.1) is 10.1 Å². The van der Waals surface area contributed by atoms with Gasteiger partial charge in [-0.1, -0.05) is 36.4 Å². The third-order valence-corrected chi connectivity index (χ3v) is 5.90. The average molecular weight is 465 g/mol. The van der Waals surface area contributed by atoms with Crippen molar-refractivity contribution in [3.63, 3.8) is 0 Å². The molecule has 0 spiro atoms. The number of rotatable bonds is 9. The van der Waals surface area contributed by atoms with Crippen molar-refractivity contribution in [3.8, 4) is 11.3 Å². The topological polar surface area (TPSA) is 111 Å². The number of aromatic nitrogens is 2. The van der Waals surface area contributed by atoms with E-state index in [4.69, 9.17) is 4.42 Å². The summed E-state index contributed by atoms with van der Waals surface area (Å²) in [4.78, 5) is 41.7. The molecule has 0 N–H and O–H groups in total. The molecular formula is C23H20N4O5S. The van der Waals surface area contributed by atoms with Crippen LogP contribution in [0.1, 0.15) is 12.8 Å². The Hall–Kier alpha value is -4.05. The largest absolute Gasteiger partial charge is 0.419 e. The quantitative estimate of drug-likeness (QED) is 0.203. The minimum Gasteiger partial charge on any atom is -0.407 e. The zero-order valence-corrected chi connectivity index (χ0v) is 18.4. The maximum atomic E-state index is 12.9. The first-order chi connectivity index (χ1) is 16.0. The molecular weight excluding hydrogens is 444 g/mol. The number of nitrogens with zero attached hydrogens (tertiary/aromatic N) is 4. The molecule has 0 radical (unpaired) electrons. The summed E-state index contributed by atoms with van der Waals surface area (Å²) in [7, 11) is 0. The Morgan fingerprint density at radius 1 is 1.27 bits per heavy atom. The van der Waals surface area contributed by atoms with E-state index in [1.807, 2.05) is 35.7 Å². The molecule has 0 aliphatic carbocycles. The lowest BCUT2D eigenvalue weighted by Crippen LogP contribution is -2.31. The summed E-state index contributed by atoms with van der Waals surface area (Å²) in [5, 5.41) is 13.4. The Balaban J connectivity index is 1.45. The number of thiazole rings is 1. The molecule has 0 fully saturated rings. The van der Waals surface area contributed by atoms with E-state index < -0.39 is 10.7 Å². The van der Waals surface area contributed by atoms with E-state index in [0.717, 1.165) is 11.3 Å². The molecule has 10 heteroatoms. The molecule has 4 rings (SSSR count). The molecule has 0 aliphatic heterocycles. The van der Waals surface area contributed by atoms with Crippen LogP contribution in [0.4, 0.5) is 10.8 Å². The molecule has 33 heavy (non-hydrogen) atoms. The number of hydrogen-bond acceptors (Lipinski definition) is 7. The monoisotopic (exact) mass is 464 g/mol. The van der Waals surface area contributed by atoms with Gasteiger partial charge in [0.15, 0.2) is 10.7 Å². The minimum absolute atomic E-state index is 0.139. The van der Waals surface area contributed by atoms with E-state index in [2.05, 4.69) is 11.6 Å². The van der Waals surface area contributed by atoms with Gasteiger partial charge in [0.1, 0.15) is 0 Å². The summed E-state index contributed by atoms with van der Waals surface area (Å²) >= 11 is 1.38. The number of non-ortho nitro benzene ring substituents is 1. The SMILES string of the molecule is C=CCN(C(=O)CCCn1c(=O)oc2cc([N+](=O)[O-])ccc21)c1nc(-c2ccccc2)cs1. The van der Waals surface area contributed by atoms with Crippen molar-refractivity contribution < 1.29 is 14.1 Å². The van der Waals surface area contributed by atoms with E-state index in [1.165, 1.54) is 34.1 Å². The molecule has 4 aromatic rings. The molecule has 9 nitrogen and oxygen atoms in total. The summed E-state index contributed by atoms with van der Waals surface area (Å²) in [6, 6.07) is 13.7. The van der Waals surface area contributed by atoms with Crippen molar-refractivity contribution in [1.29, 1.82) is 0 Å². The zero-order chi connectivity index (χ0) is 23.4. The molecule has 2 aromatic heterocycles. The van der Waals surface area contributed by atoms with Gasteiger partial charge in [0, 0.05) is 36.5 Å². The number of nitro benzene ring substituents is 1. The van der Waals surface area contributed by atoms with Crippen LogP contribution in [0.2, 0.25) is 0 Å². The second kappa shape index (κ2) is 9.61. The zero-order valence-electron chi connectivity index (χ0n) is 17.5. The fourth-order valence-corrected chi connectivity index (χ4v) is 4.31. The summed E-state index contributed by atoms with van der Waals surface area (Å²) < 4.78 is 6.51. The van der Waals surface area contributed by atoms with Crippen LogP contribution in [0.3, 0.4) is 0 Å². The third kappa shape index (κ3) is 4.75. The van der Waals surface area contributed by atoms with Crippen molar-refractivity contribution in [2.24, 2.45) is 0 Å². The van der Waals surface area contributed by atoms with Crippen molar-refractivity contribution in [2.45, 2.75) is 19.4 Å². The number of anilines is 1. The molecule has 0 unspecified atom stereocenters. The van der Waals surface area contributed by atoms with E-state index in [0.29, 0.717) is 23.6 Å². The van der Waals surface area contributed by atoms with Gasteiger partial charge in [0.25, 0.3) is 5.69 Å². The van der Waals surface area contributed by atoms with Crippen LogP contribution in [0.15, 0.2) is 75.8 Å². The number of oxazole rings is 1. The average Bonchev–Trinajstić information content (AvgIpc) is 3.42. The Morgan fingerprint density at radius 2 is 2.06 bits per heavy atom. The van der Waals surface area contributed by atoms with Crippen LogP contribution in [-0.2, 0) is 11.3 Å². The molecule has 1 amide bonds. The maximum Gasteiger partial charge on any atom is 0.419 e. The normalized spacial score (nSPS) is 10.9. The molecule has 0 saturated carbocycles. The number of fused-ring (bicyclic) bond motifs is 1. The second-order valence-electron chi connectivity index (χ2n) is 7.21.